The van der Waals surface area contributed by atoms with Gasteiger partial charge in [0.2, 0.25) is 0 Å². The quantitative estimate of drug-likeness (QED) is 0.733. The molecule has 0 aliphatic rings. The van der Waals surface area contributed by atoms with Gasteiger partial charge in [-0.3, -0.25) is 19.6 Å². The zero-order valence-electron chi connectivity index (χ0n) is 15.0. The lowest BCUT2D eigenvalue weighted by molar-refractivity contribution is 0.0946. The van der Waals surface area contributed by atoms with Crippen LogP contribution in [0.5, 0.6) is 0 Å². The Balaban J connectivity index is 1.74. The van der Waals surface area contributed by atoms with Gasteiger partial charge in [0.1, 0.15) is 5.69 Å². The van der Waals surface area contributed by atoms with Crippen LogP contribution in [-0.2, 0) is 6.54 Å². The van der Waals surface area contributed by atoms with Crippen LogP contribution in [0.4, 0.5) is 5.69 Å². The maximum absolute atomic E-state index is 12.9. The van der Waals surface area contributed by atoms with E-state index >= 15 is 0 Å². The van der Waals surface area contributed by atoms with Crippen molar-refractivity contribution in [2.75, 3.05) is 11.4 Å². The van der Waals surface area contributed by atoms with Gasteiger partial charge in [0.15, 0.2) is 0 Å². The van der Waals surface area contributed by atoms with E-state index in [1.165, 1.54) is 12.3 Å². The van der Waals surface area contributed by atoms with E-state index in [-0.39, 0.29) is 17.5 Å². The topological polar surface area (TPSA) is 75.2 Å². The van der Waals surface area contributed by atoms with Gasteiger partial charge in [0.05, 0.1) is 0 Å². The maximum Gasteiger partial charge on any atom is 0.270 e. The Kier molecular flexibility index (Phi) is 5.89. The Bertz CT molecular complexity index is 914. The molecule has 1 N–H and O–H groups in total. The normalized spacial score (nSPS) is 10.3. The van der Waals surface area contributed by atoms with E-state index < -0.39 is 0 Å². The number of para-hydroxylation sites is 1. The van der Waals surface area contributed by atoms with E-state index in [0.29, 0.717) is 18.7 Å². The SMILES string of the molecule is CCN(C(=O)c1ccnc(C(=O)NCc2ccncc2)c1)c1ccccc1. The lowest BCUT2D eigenvalue weighted by Gasteiger charge is -2.21. The van der Waals surface area contributed by atoms with E-state index in [0.717, 1.165) is 11.3 Å². The minimum Gasteiger partial charge on any atom is -0.347 e. The van der Waals surface area contributed by atoms with Crippen molar-refractivity contribution < 1.29 is 9.59 Å². The summed E-state index contributed by atoms with van der Waals surface area (Å²) in [6, 6.07) is 16.2. The van der Waals surface area contributed by atoms with Crippen LogP contribution in [0.15, 0.2) is 73.2 Å². The molecule has 2 aromatic heterocycles. The van der Waals surface area contributed by atoms with Crippen molar-refractivity contribution in [3.05, 3.63) is 90.0 Å². The van der Waals surface area contributed by atoms with Crippen LogP contribution in [0, 0.1) is 0 Å². The van der Waals surface area contributed by atoms with Gasteiger partial charge in [-0.1, -0.05) is 18.2 Å². The fourth-order valence-corrected chi connectivity index (χ4v) is 2.67. The second kappa shape index (κ2) is 8.71. The van der Waals surface area contributed by atoms with Crippen LogP contribution < -0.4 is 10.2 Å². The first-order valence-corrected chi connectivity index (χ1v) is 8.69. The van der Waals surface area contributed by atoms with Crippen molar-refractivity contribution in [2.24, 2.45) is 0 Å². The molecule has 27 heavy (non-hydrogen) atoms. The van der Waals surface area contributed by atoms with Crippen LogP contribution in [0.2, 0.25) is 0 Å². The van der Waals surface area contributed by atoms with Gasteiger partial charge >= 0.3 is 0 Å². The van der Waals surface area contributed by atoms with E-state index in [1.54, 1.807) is 23.4 Å². The zero-order valence-corrected chi connectivity index (χ0v) is 15.0. The Morgan fingerprint density at radius 2 is 1.74 bits per heavy atom. The van der Waals surface area contributed by atoms with Crippen LogP contribution in [-0.4, -0.2) is 28.3 Å². The lowest BCUT2D eigenvalue weighted by atomic mass is 10.1. The zero-order chi connectivity index (χ0) is 19.1. The van der Waals surface area contributed by atoms with Gasteiger partial charge in [0.25, 0.3) is 11.8 Å². The second-order valence-corrected chi connectivity index (χ2v) is 5.85. The van der Waals surface area contributed by atoms with Crippen molar-refractivity contribution >= 4 is 17.5 Å². The Morgan fingerprint density at radius 3 is 2.44 bits per heavy atom. The number of aromatic nitrogens is 2. The van der Waals surface area contributed by atoms with Crippen molar-refractivity contribution in [2.45, 2.75) is 13.5 Å². The molecule has 3 rings (SSSR count). The number of nitrogens with one attached hydrogen (secondary N) is 1. The van der Waals surface area contributed by atoms with E-state index in [1.807, 2.05) is 49.4 Å². The average molecular weight is 360 g/mol. The van der Waals surface area contributed by atoms with Crippen molar-refractivity contribution in [1.82, 2.24) is 15.3 Å². The van der Waals surface area contributed by atoms with E-state index in [9.17, 15) is 9.59 Å². The minimum atomic E-state index is -0.329. The Morgan fingerprint density at radius 1 is 1.00 bits per heavy atom. The van der Waals surface area contributed by atoms with Gasteiger partial charge in [-0.15, -0.1) is 0 Å². The third-order valence-corrected chi connectivity index (χ3v) is 4.07. The number of carbonyl (C=O) groups excluding carboxylic acids is 2. The highest BCUT2D eigenvalue weighted by Crippen LogP contribution is 2.16. The van der Waals surface area contributed by atoms with E-state index in [2.05, 4.69) is 15.3 Å². The summed E-state index contributed by atoms with van der Waals surface area (Å²) < 4.78 is 0. The summed E-state index contributed by atoms with van der Waals surface area (Å²) in [5.41, 5.74) is 2.38. The molecule has 6 heteroatoms. The molecule has 3 aromatic rings. The number of pyridine rings is 2. The fourth-order valence-electron chi connectivity index (χ4n) is 2.67. The molecule has 0 fully saturated rings. The molecule has 0 radical (unpaired) electrons. The molecule has 0 aliphatic carbocycles. The number of hydrogen-bond acceptors (Lipinski definition) is 4. The molecule has 2 heterocycles. The highest BCUT2D eigenvalue weighted by Gasteiger charge is 2.18. The van der Waals surface area contributed by atoms with Crippen molar-refractivity contribution in [3.8, 4) is 0 Å². The van der Waals surface area contributed by atoms with Crippen LogP contribution in [0.3, 0.4) is 0 Å². The summed E-state index contributed by atoms with van der Waals surface area (Å²) in [5, 5.41) is 2.80. The monoisotopic (exact) mass is 360 g/mol. The van der Waals surface area contributed by atoms with Gasteiger partial charge < -0.3 is 10.2 Å². The highest BCUT2D eigenvalue weighted by atomic mass is 16.2. The highest BCUT2D eigenvalue weighted by molar-refractivity contribution is 6.07. The van der Waals surface area contributed by atoms with Crippen LogP contribution in [0.1, 0.15) is 33.3 Å². The van der Waals surface area contributed by atoms with E-state index in [4.69, 9.17) is 0 Å². The number of amides is 2. The first-order valence-electron chi connectivity index (χ1n) is 8.69. The maximum atomic E-state index is 12.9. The molecule has 136 valence electrons. The molecule has 0 atom stereocenters. The van der Waals surface area contributed by atoms with Gasteiger partial charge in [-0.2, -0.15) is 0 Å². The van der Waals surface area contributed by atoms with Crippen LogP contribution >= 0.6 is 0 Å². The summed E-state index contributed by atoms with van der Waals surface area (Å²) in [7, 11) is 0. The first kappa shape index (κ1) is 18.3. The van der Waals surface area contributed by atoms with Gasteiger partial charge in [-0.05, 0) is 48.9 Å². The second-order valence-electron chi connectivity index (χ2n) is 5.85. The predicted molar refractivity (Wildman–Crippen MR) is 103 cm³/mol. The third-order valence-electron chi connectivity index (χ3n) is 4.07. The number of benzene rings is 1. The molecule has 0 bridgehead atoms. The number of carbonyl (C=O) groups is 2. The number of anilines is 1. The fraction of sp³-hybridized carbons (Fsp3) is 0.143. The molecular formula is C21H20N4O2. The Hall–Kier alpha value is -3.54. The smallest absolute Gasteiger partial charge is 0.270 e. The molecule has 0 unspecified atom stereocenters. The minimum absolute atomic E-state index is 0.172. The molecule has 2 amide bonds. The largest absolute Gasteiger partial charge is 0.347 e. The summed E-state index contributed by atoms with van der Waals surface area (Å²) in [4.78, 5) is 35.0. The van der Waals surface area contributed by atoms with Crippen molar-refractivity contribution in [3.63, 3.8) is 0 Å². The molecule has 1 aromatic carbocycles. The summed E-state index contributed by atoms with van der Waals surface area (Å²) in [6.07, 6.45) is 4.82. The molecular weight excluding hydrogens is 340 g/mol. The molecule has 0 saturated heterocycles. The van der Waals surface area contributed by atoms with Gasteiger partial charge in [0, 0.05) is 42.9 Å². The number of hydrogen-bond donors (Lipinski definition) is 1. The summed E-state index contributed by atoms with van der Waals surface area (Å²) >= 11 is 0. The molecule has 6 nitrogen and oxygen atoms in total. The lowest BCUT2D eigenvalue weighted by Crippen LogP contribution is -2.31. The Labute approximate surface area is 157 Å². The standard InChI is InChI=1S/C21H20N4O2/c1-2-25(18-6-4-3-5-7-18)21(27)17-10-13-23-19(14-17)20(26)24-15-16-8-11-22-12-9-16/h3-14H,2,15H2,1H3,(H,24,26). The summed E-state index contributed by atoms with van der Waals surface area (Å²) in [5.74, 6) is -0.501. The van der Waals surface area contributed by atoms with Gasteiger partial charge in [-0.25, -0.2) is 0 Å². The van der Waals surface area contributed by atoms with Crippen LogP contribution in [0.25, 0.3) is 0 Å². The third kappa shape index (κ3) is 4.55. The number of rotatable bonds is 6. The number of nitrogens with zero attached hydrogens (tertiary/aromatic N) is 3. The molecule has 0 aliphatic heterocycles. The molecule has 0 spiro atoms. The summed E-state index contributed by atoms with van der Waals surface area (Å²) in [6.45, 7) is 2.80. The predicted octanol–water partition coefficient (Wildman–Crippen LogP) is 3.07. The van der Waals surface area contributed by atoms with Crippen molar-refractivity contribution in [1.29, 1.82) is 0 Å². The first-order chi connectivity index (χ1) is 13.2. The molecule has 0 saturated carbocycles. The average Bonchev–Trinajstić information content (AvgIpc) is 2.74.